The van der Waals surface area contributed by atoms with Gasteiger partial charge in [0.25, 0.3) is 5.91 Å². The number of aliphatic hydroxyl groups is 1. The molecule has 0 spiro atoms. The molecule has 0 radical (unpaired) electrons. The first-order valence-corrected chi connectivity index (χ1v) is 19.9. The van der Waals surface area contributed by atoms with E-state index in [4.69, 9.17) is 25.8 Å². The third-order valence-corrected chi connectivity index (χ3v) is 12.5. The third kappa shape index (κ3) is 10.1. The molecule has 1 aliphatic carbocycles. The molecule has 1 amide bonds. The molecule has 6 rings (SSSR count). The number of morpholine rings is 1. The Morgan fingerprint density at radius 3 is 2.62 bits per heavy atom. The van der Waals surface area contributed by atoms with Crippen LogP contribution in [-0.4, -0.2) is 97.7 Å². The lowest BCUT2D eigenvalue weighted by Gasteiger charge is -2.42. The number of allylic oxidation sites excluding steroid dienone is 1. The van der Waals surface area contributed by atoms with Gasteiger partial charge in [-0.25, -0.2) is 4.21 Å². The van der Waals surface area contributed by atoms with Crippen molar-refractivity contribution in [2.75, 3.05) is 71.2 Å². The topological polar surface area (TPSA) is 101 Å². The number of aliphatic hydroxyl groups excluding tert-OH is 1. The largest absolute Gasteiger partial charge is 0.491 e. The molecule has 2 aromatic carbocycles. The number of carbonyl (C=O) groups excluding carboxylic acids is 1. The molecule has 9 nitrogen and oxygen atoms in total. The van der Waals surface area contributed by atoms with Crippen molar-refractivity contribution in [3.8, 4) is 5.75 Å². The quantitative estimate of drug-likeness (QED) is 0.349. The zero-order chi connectivity index (χ0) is 35.6. The predicted octanol–water partition coefficient (Wildman–Crippen LogP) is 6.01. The molecular formula is C39H56ClN3O6S. The van der Waals surface area contributed by atoms with E-state index in [2.05, 4.69) is 33.6 Å². The van der Waals surface area contributed by atoms with E-state index in [1.165, 1.54) is 11.1 Å². The number of fused-ring (bicyclic) bond motifs is 2. The van der Waals surface area contributed by atoms with E-state index in [0.29, 0.717) is 24.5 Å². The predicted molar refractivity (Wildman–Crippen MR) is 202 cm³/mol. The second kappa shape index (κ2) is 18.9. The van der Waals surface area contributed by atoms with Crippen molar-refractivity contribution in [2.24, 2.45) is 17.8 Å². The minimum atomic E-state index is -1.53. The van der Waals surface area contributed by atoms with Gasteiger partial charge in [-0.05, 0) is 91.8 Å². The number of methoxy groups -OCH3 is 1. The Morgan fingerprint density at radius 2 is 1.90 bits per heavy atom. The average molecular weight is 730 g/mol. The number of nitrogens with one attached hydrogen (secondary N) is 1. The number of carbonyl (C=O) groups is 1. The lowest BCUT2D eigenvalue weighted by Crippen LogP contribution is -2.44. The summed E-state index contributed by atoms with van der Waals surface area (Å²) < 4.78 is 32.3. The summed E-state index contributed by atoms with van der Waals surface area (Å²) >= 11 is 6.38. The highest BCUT2D eigenvalue weighted by Gasteiger charge is 2.38. The van der Waals surface area contributed by atoms with E-state index in [1.807, 2.05) is 44.2 Å². The highest BCUT2D eigenvalue weighted by molar-refractivity contribution is 7.84. The molecule has 276 valence electrons. The molecular weight excluding hydrogens is 674 g/mol. The van der Waals surface area contributed by atoms with Crippen LogP contribution in [0.5, 0.6) is 5.75 Å². The van der Waals surface area contributed by atoms with Crippen molar-refractivity contribution >= 4 is 34.2 Å². The van der Waals surface area contributed by atoms with Crippen LogP contribution in [0, 0.1) is 17.8 Å². The number of hydrogen-bond acceptors (Lipinski definition) is 8. The number of rotatable bonds is 6. The highest BCUT2D eigenvalue weighted by atomic mass is 35.5. The van der Waals surface area contributed by atoms with Crippen LogP contribution in [0.1, 0.15) is 73.9 Å². The molecule has 2 bridgehead atoms. The maximum atomic E-state index is 13.2. The first-order valence-electron chi connectivity index (χ1n) is 18.3. The second-order valence-corrected chi connectivity index (χ2v) is 16.2. The molecule has 3 aliphatic heterocycles. The summed E-state index contributed by atoms with van der Waals surface area (Å²) in [6, 6.07) is 11.7. The van der Waals surface area contributed by atoms with Gasteiger partial charge in [-0.3, -0.25) is 14.4 Å². The molecule has 2 fully saturated rings. The Labute approximate surface area is 306 Å². The summed E-state index contributed by atoms with van der Waals surface area (Å²) in [6.45, 7) is 13.9. The van der Waals surface area contributed by atoms with Gasteiger partial charge in [-0.2, -0.15) is 0 Å². The van der Waals surface area contributed by atoms with Crippen LogP contribution in [0.2, 0.25) is 5.02 Å². The number of hydrogen-bond donors (Lipinski definition) is 2. The molecule has 0 aromatic heterocycles. The zero-order valence-electron chi connectivity index (χ0n) is 30.2. The molecule has 7 atom stereocenters. The SMILES string of the molecule is CCCc1cc(Cl)ccc1C1COc2ccc3cc2N(C1)CC1CCC1C(O)/C=C/CC(C)C(C)S(=O)NC3=O.COCCN1CCOCC1. The maximum absolute atomic E-state index is 13.2. The summed E-state index contributed by atoms with van der Waals surface area (Å²) in [5, 5.41) is 11.6. The van der Waals surface area contributed by atoms with E-state index in [9.17, 15) is 14.1 Å². The van der Waals surface area contributed by atoms with E-state index in [-0.39, 0.29) is 28.9 Å². The molecule has 11 heteroatoms. The average Bonchev–Trinajstić information content (AvgIpc) is 3.28. The van der Waals surface area contributed by atoms with Gasteiger partial charge < -0.3 is 24.2 Å². The van der Waals surface area contributed by atoms with Crippen LogP contribution in [0.3, 0.4) is 0 Å². The number of aryl methyl sites for hydroxylation is 1. The van der Waals surface area contributed by atoms with Crippen LogP contribution in [0.25, 0.3) is 0 Å². The summed E-state index contributed by atoms with van der Waals surface area (Å²) in [4.78, 5) is 17.9. The Hall–Kier alpha value is -2.47. The summed E-state index contributed by atoms with van der Waals surface area (Å²) in [6.07, 6.45) is 8.14. The van der Waals surface area contributed by atoms with Gasteiger partial charge in [0.1, 0.15) is 16.7 Å². The highest BCUT2D eigenvalue weighted by Crippen LogP contribution is 2.42. The smallest absolute Gasteiger partial charge is 0.263 e. The number of anilines is 1. The lowest BCUT2D eigenvalue weighted by atomic mass is 9.70. The van der Waals surface area contributed by atoms with Crippen LogP contribution in [0.15, 0.2) is 48.6 Å². The number of halogens is 1. The minimum Gasteiger partial charge on any atom is -0.491 e. The Bertz CT molecular complexity index is 1470. The van der Waals surface area contributed by atoms with Gasteiger partial charge in [0, 0.05) is 56.3 Å². The molecule has 1 saturated carbocycles. The van der Waals surface area contributed by atoms with Gasteiger partial charge in [0.2, 0.25) is 0 Å². The fourth-order valence-corrected chi connectivity index (χ4v) is 8.49. The lowest BCUT2D eigenvalue weighted by molar-refractivity contribution is 0.0263. The zero-order valence-corrected chi connectivity index (χ0v) is 31.7. The number of amides is 1. The summed E-state index contributed by atoms with van der Waals surface area (Å²) in [5.74, 6) is 1.13. The van der Waals surface area contributed by atoms with Crippen LogP contribution in [-0.2, 0) is 26.9 Å². The van der Waals surface area contributed by atoms with Gasteiger partial charge in [0.15, 0.2) is 0 Å². The number of nitrogens with zero attached hydrogens (tertiary/aromatic N) is 2. The second-order valence-electron chi connectivity index (χ2n) is 14.2. The van der Waals surface area contributed by atoms with Gasteiger partial charge in [-0.1, -0.05) is 50.1 Å². The van der Waals surface area contributed by atoms with Gasteiger partial charge >= 0.3 is 0 Å². The standard InChI is InChI=1S/C32H41ClN2O4S.C7H15NO2/c1-4-6-22-15-26(33)11-13-27(22)25-18-35-17-24-9-12-28(24)30(36)8-5-7-20(2)21(3)40(38)34-32(37)23-10-14-31(39-19-25)29(35)16-23;1-9-5-2-8-3-6-10-7-4-8/h5,8,10-11,13-16,20-21,24-25,28,30,36H,4,6-7,9,12,17-19H2,1-3H3,(H,34,37);2-7H2,1H3/b8-5+;. The molecule has 4 aliphatic rings. The molecule has 2 N–H and O–H groups in total. The fraction of sp³-hybridized carbons (Fsp3) is 0.615. The van der Waals surface area contributed by atoms with E-state index in [1.54, 1.807) is 13.2 Å². The molecule has 1 saturated heterocycles. The number of ether oxygens (including phenoxy) is 3. The van der Waals surface area contributed by atoms with Gasteiger partial charge in [-0.15, -0.1) is 0 Å². The Kier molecular flexibility index (Phi) is 14.6. The van der Waals surface area contributed by atoms with Crippen molar-refractivity contribution in [1.29, 1.82) is 0 Å². The van der Waals surface area contributed by atoms with Crippen molar-refractivity contribution in [3.05, 3.63) is 70.3 Å². The van der Waals surface area contributed by atoms with Crippen molar-refractivity contribution in [3.63, 3.8) is 0 Å². The third-order valence-electron chi connectivity index (χ3n) is 10.8. The molecule has 3 heterocycles. The molecule has 50 heavy (non-hydrogen) atoms. The first kappa shape index (κ1) is 38.8. The van der Waals surface area contributed by atoms with Crippen molar-refractivity contribution in [1.82, 2.24) is 9.62 Å². The van der Waals surface area contributed by atoms with Gasteiger partial charge in [0.05, 0.1) is 43.5 Å². The summed E-state index contributed by atoms with van der Waals surface area (Å²) in [7, 11) is 0.205. The molecule has 7 unspecified atom stereocenters. The van der Waals surface area contributed by atoms with Crippen LogP contribution >= 0.6 is 11.6 Å². The Morgan fingerprint density at radius 1 is 1.10 bits per heavy atom. The van der Waals surface area contributed by atoms with E-state index < -0.39 is 17.1 Å². The van der Waals surface area contributed by atoms with E-state index in [0.717, 1.165) is 94.7 Å². The van der Waals surface area contributed by atoms with Crippen molar-refractivity contribution in [2.45, 2.75) is 70.1 Å². The monoisotopic (exact) mass is 729 g/mol. The number of benzene rings is 2. The molecule has 2 aromatic rings. The van der Waals surface area contributed by atoms with Crippen molar-refractivity contribution < 1.29 is 28.3 Å². The van der Waals surface area contributed by atoms with Crippen LogP contribution < -0.4 is 14.4 Å². The maximum Gasteiger partial charge on any atom is 0.263 e. The summed E-state index contributed by atoms with van der Waals surface area (Å²) in [5.41, 5.74) is 3.83. The minimum absolute atomic E-state index is 0.0908. The Balaban J connectivity index is 0.000000418. The normalized spacial score (nSPS) is 29.6. The fourth-order valence-electron chi connectivity index (χ4n) is 7.28. The van der Waals surface area contributed by atoms with Crippen LogP contribution in [0.4, 0.5) is 5.69 Å². The first-order chi connectivity index (χ1) is 24.2. The van der Waals surface area contributed by atoms with E-state index >= 15 is 0 Å².